The topological polar surface area (TPSA) is 33.2 Å². The maximum atomic E-state index is 10.5. The molecule has 1 unspecified atom stereocenters. The Kier molecular flexibility index (Phi) is 3.49. The fourth-order valence-electron chi connectivity index (χ4n) is 2.22. The standard InChI is InChI=1S/C11H16N2OS/c1-2-13-5-3-4-10(13)6-11-12-9(7-14)8-15-11/h7-8,10H,2-6H2,1H3. The lowest BCUT2D eigenvalue weighted by molar-refractivity contribution is 0.111. The van der Waals surface area contributed by atoms with E-state index in [0.717, 1.165) is 24.3 Å². The zero-order chi connectivity index (χ0) is 10.7. The molecule has 3 nitrogen and oxygen atoms in total. The predicted octanol–water partition coefficient (Wildman–Crippen LogP) is 1.98. The number of hydrogen-bond donors (Lipinski definition) is 0. The lowest BCUT2D eigenvalue weighted by Gasteiger charge is -2.21. The first kappa shape index (κ1) is 10.8. The molecule has 1 atom stereocenters. The Bertz CT molecular complexity index is 337. The minimum absolute atomic E-state index is 0.580. The first-order chi connectivity index (χ1) is 7.33. The van der Waals surface area contributed by atoms with Crippen molar-refractivity contribution >= 4 is 17.6 Å². The van der Waals surface area contributed by atoms with Crippen molar-refractivity contribution in [2.75, 3.05) is 13.1 Å². The molecule has 0 amide bonds. The fraction of sp³-hybridized carbons (Fsp3) is 0.636. The number of rotatable bonds is 4. The highest BCUT2D eigenvalue weighted by Crippen LogP contribution is 2.22. The molecule has 1 aromatic heterocycles. The van der Waals surface area contributed by atoms with E-state index in [4.69, 9.17) is 0 Å². The van der Waals surface area contributed by atoms with Crippen molar-refractivity contribution in [3.63, 3.8) is 0 Å². The third-order valence-corrected chi connectivity index (χ3v) is 3.90. The molecule has 15 heavy (non-hydrogen) atoms. The number of aromatic nitrogens is 1. The Morgan fingerprint density at radius 1 is 1.73 bits per heavy atom. The number of hydrogen-bond acceptors (Lipinski definition) is 4. The van der Waals surface area contributed by atoms with Crippen molar-refractivity contribution in [1.82, 2.24) is 9.88 Å². The Hall–Kier alpha value is -0.740. The van der Waals surface area contributed by atoms with E-state index in [-0.39, 0.29) is 0 Å². The number of thiazole rings is 1. The van der Waals surface area contributed by atoms with Crippen LogP contribution in [-0.2, 0) is 6.42 Å². The molecular formula is C11H16N2OS. The summed E-state index contributed by atoms with van der Waals surface area (Å²) in [5, 5.41) is 2.94. The second-order valence-corrected chi connectivity index (χ2v) is 4.86. The van der Waals surface area contributed by atoms with Crippen LogP contribution in [0.2, 0.25) is 0 Å². The van der Waals surface area contributed by atoms with Gasteiger partial charge in [-0.25, -0.2) is 4.98 Å². The molecule has 1 aromatic rings. The third kappa shape index (κ3) is 2.44. The number of carbonyl (C=O) groups excluding carboxylic acids is 1. The molecule has 0 spiro atoms. The van der Waals surface area contributed by atoms with Crippen LogP contribution in [0.4, 0.5) is 0 Å². The Labute approximate surface area is 94.1 Å². The van der Waals surface area contributed by atoms with Gasteiger partial charge in [0.1, 0.15) is 5.69 Å². The van der Waals surface area contributed by atoms with E-state index < -0.39 is 0 Å². The smallest absolute Gasteiger partial charge is 0.169 e. The van der Waals surface area contributed by atoms with Crippen LogP contribution in [0, 0.1) is 0 Å². The largest absolute Gasteiger partial charge is 0.300 e. The van der Waals surface area contributed by atoms with Gasteiger partial charge in [-0.1, -0.05) is 6.92 Å². The molecule has 1 aliphatic heterocycles. The molecule has 1 saturated heterocycles. The van der Waals surface area contributed by atoms with Crippen LogP contribution >= 0.6 is 11.3 Å². The van der Waals surface area contributed by atoms with Gasteiger partial charge in [-0.05, 0) is 25.9 Å². The van der Waals surface area contributed by atoms with E-state index in [1.165, 1.54) is 19.4 Å². The number of likely N-dealkylation sites (tertiary alicyclic amines) is 1. The van der Waals surface area contributed by atoms with E-state index in [1.54, 1.807) is 11.3 Å². The molecule has 0 radical (unpaired) electrons. The quantitative estimate of drug-likeness (QED) is 0.733. The first-order valence-electron chi connectivity index (χ1n) is 5.47. The highest BCUT2D eigenvalue weighted by Gasteiger charge is 2.23. The summed E-state index contributed by atoms with van der Waals surface area (Å²) in [6.07, 6.45) is 4.40. The summed E-state index contributed by atoms with van der Waals surface area (Å²) in [5.41, 5.74) is 0.580. The minimum Gasteiger partial charge on any atom is -0.300 e. The maximum Gasteiger partial charge on any atom is 0.169 e. The number of nitrogens with zero attached hydrogens (tertiary/aromatic N) is 2. The number of carbonyl (C=O) groups is 1. The Morgan fingerprint density at radius 3 is 3.27 bits per heavy atom. The average molecular weight is 224 g/mol. The molecule has 1 aliphatic rings. The van der Waals surface area contributed by atoms with Crippen LogP contribution in [-0.4, -0.2) is 35.3 Å². The highest BCUT2D eigenvalue weighted by atomic mass is 32.1. The van der Waals surface area contributed by atoms with Crippen LogP contribution in [0.5, 0.6) is 0 Å². The monoisotopic (exact) mass is 224 g/mol. The third-order valence-electron chi connectivity index (χ3n) is 3.01. The predicted molar refractivity (Wildman–Crippen MR) is 61.5 cm³/mol. The summed E-state index contributed by atoms with van der Waals surface area (Å²) < 4.78 is 0. The fourth-order valence-corrected chi connectivity index (χ4v) is 3.03. The Balaban J connectivity index is 1.98. The Morgan fingerprint density at radius 2 is 2.60 bits per heavy atom. The minimum atomic E-state index is 0.580. The van der Waals surface area contributed by atoms with E-state index in [9.17, 15) is 4.79 Å². The SMILES string of the molecule is CCN1CCCC1Cc1nc(C=O)cs1. The normalized spacial score (nSPS) is 22.1. The van der Waals surface area contributed by atoms with Gasteiger partial charge in [-0.15, -0.1) is 11.3 Å². The number of likely N-dealkylation sites (N-methyl/N-ethyl adjacent to an activating group) is 1. The number of aldehydes is 1. The summed E-state index contributed by atoms with van der Waals surface area (Å²) in [4.78, 5) is 17.3. The zero-order valence-electron chi connectivity index (χ0n) is 8.98. The molecule has 0 N–H and O–H groups in total. The molecule has 0 saturated carbocycles. The molecular weight excluding hydrogens is 208 g/mol. The average Bonchev–Trinajstić information content (AvgIpc) is 2.87. The van der Waals surface area contributed by atoms with Gasteiger partial charge in [0, 0.05) is 17.8 Å². The van der Waals surface area contributed by atoms with Crippen molar-refractivity contribution in [1.29, 1.82) is 0 Å². The molecule has 2 rings (SSSR count). The lowest BCUT2D eigenvalue weighted by Crippen LogP contribution is -2.30. The summed E-state index contributed by atoms with van der Waals surface area (Å²) in [5.74, 6) is 0. The van der Waals surface area contributed by atoms with Gasteiger partial charge in [0.25, 0.3) is 0 Å². The summed E-state index contributed by atoms with van der Waals surface area (Å²) >= 11 is 1.60. The molecule has 0 aromatic carbocycles. The van der Waals surface area contributed by atoms with Crippen molar-refractivity contribution in [3.8, 4) is 0 Å². The van der Waals surface area contributed by atoms with E-state index >= 15 is 0 Å². The van der Waals surface area contributed by atoms with Crippen molar-refractivity contribution < 1.29 is 4.79 Å². The molecule has 1 fully saturated rings. The second kappa shape index (κ2) is 4.86. The van der Waals surface area contributed by atoms with Crippen molar-refractivity contribution in [2.45, 2.75) is 32.2 Å². The summed E-state index contributed by atoms with van der Waals surface area (Å²) in [7, 11) is 0. The molecule has 0 bridgehead atoms. The van der Waals surface area contributed by atoms with Crippen LogP contribution in [0.15, 0.2) is 5.38 Å². The second-order valence-electron chi connectivity index (χ2n) is 3.91. The van der Waals surface area contributed by atoms with Gasteiger partial charge in [0.15, 0.2) is 6.29 Å². The maximum absolute atomic E-state index is 10.5. The van der Waals surface area contributed by atoms with Crippen LogP contribution in [0.3, 0.4) is 0 Å². The van der Waals surface area contributed by atoms with Gasteiger partial charge in [0.05, 0.1) is 5.01 Å². The van der Waals surface area contributed by atoms with Gasteiger partial charge in [-0.3, -0.25) is 4.79 Å². The first-order valence-corrected chi connectivity index (χ1v) is 6.35. The van der Waals surface area contributed by atoms with E-state index in [2.05, 4.69) is 16.8 Å². The molecule has 4 heteroatoms. The zero-order valence-corrected chi connectivity index (χ0v) is 9.80. The van der Waals surface area contributed by atoms with E-state index in [0.29, 0.717) is 11.7 Å². The van der Waals surface area contributed by atoms with Crippen LogP contribution in [0.1, 0.15) is 35.3 Å². The van der Waals surface area contributed by atoms with Gasteiger partial charge in [-0.2, -0.15) is 0 Å². The molecule has 2 heterocycles. The van der Waals surface area contributed by atoms with Gasteiger partial charge in [0.2, 0.25) is 0 Å². The van der Waals surface area contributed by atoms with Gasteiger partial charge < -0.3 is 4.90 Å². The molecule has 0 aliphatic carbocycles. The lowest BCUT2D eigenvalue weighted by atomic mass is 10.1. The molecule has 82 valence electrons. The van der Waals surface area contributed by atoms with Crippen molar-refractivity contribution in [3.05, 3.63) is 16.1 Å². The van der Waals surface area contributed by atoms with Crippen LogP contribution < -0.4 is 0 Å². The highest BCUT2D eigenvalue weighted by molar-refractivity contribution is 7.09. The summed E-state index contributed by atoms with van der Waals surface area (Å²) in [6.45, 7) is 4.54. The summed E-state index contributed by atoms with van der Waals surface area (Å²) in [6, 6.07) is 0.639. The van der Waals surface area contributed by atoms with Gasteiger partial charge >= 0.3 is 0 Å². The van der Waals surface area contributed by atoms with E-state index in [1.807, 2.05) is 5.38 Å². The van der Waals surface area contributed by atoms with Crippen molar-refractivity contribution in [2.24, 2.45) is 0 Å². The van der Waals surface area contributed by atoms with Crippen LogP contribution in [0.25, 0.3) is 0 Å².